The normalized spacial score (nSPS) is 15.8. The van der Waals surface area contributed by atoms with Crippen LogP contribution in [0.5, 0.6) is 0 Å². The highest BCUT2D eigenvalue weighted by molar-refractivity contribution is 7.99. The lowest BCUT2D eigenvalue weighted by molar-refractivity contribution is -0.116. The van der Waals surface area contributed by atoms with Crippen molar-refractivity contribution in [3.63, 3.8) is 0 Å². The number of para-hydroxylation sites is 2. The Labute approximate surface area is 189 Å². The molecule has 7 nitrogen and oxygen atoms in total. The smallest absolute Gasteiger partial charge is 0.263 e. The monoisotopic (exact) mass is 445 g/mol. The van der Waals surface area contributed by atoms with Gasteiger partial charge in [0.2, 0.25) is 11.7 Å². The van der Waals surface area contributed by atoms with Crippen LogP contribution in [-0.2, 0) is 17.8 Å². The van der Waals surface area contributed by atoms with Crippen molar-refractivity contribution < 1.29 is 4.79 Å². The highest BCUT2D eigenvalue weighted by Crippen LogP contribution is 2.31. The number of rotatable bonds is 5. The van der Waals surface area contributed by atoms with Gasteiger partial charge in [0, 0.05) is 18.3 Å². The Morgan fingerprint density at radius 1 is 1.19 bits per heavy atom. The van der Waals surface area contributed by atoms with Crippen molar-refractivity contribution >= 4 is 40.0 Å². The zero-order valence-corrected chi connectivity index (χ0v) is 18.6. The minimum absolute atomic E-state index is 0.0371. The van der Waals surface area contributed by atoms with Crippen LogP contribution in [0.25, 0.3) is 16.7 Å². The van der Waals surface area contributed by atoms with Crippen LogP contribution < -0.4 is 10.5 Å². The first-order valence-electron chi connectivity index (χ1n) is 10.6. The molecule has 2 aromatic heterocycles. The molecule has 1 atom stereocenters. The summed E-state index contributed by atoms with van der Waals surface area (Å²) in [4.78, 5) is 28.1. The summed E-state index contributed by atoms with van der Waals surface area (Å²) in [5, 5.41) is 9.75. The molecule has 0 fully saturated rings. The standard InChI is InChI=1S/C24H23N5O2S/c1-3-14-27-22(31)18-9-5-7-11-20(18)29-23(27)25-26-24(29)32-15-21(30)28-16(2)12-13-17-8-4-6-10-19(17)28/h3-11,16H,1,12-15H2,2H3. The van der Waals surface area contributed by atoms with Gasteiger partial charge in [-0.05, 0) is 43.5 Å². The summed E-state index contributed by atoms with van der Waals surface area (Å²) in [6.45, 7) is 6.18. The number of carbonyl (C=O) groups excluding carboxylic acids is 1. The van der Waals surface area contributed by atoms with Gasteiger partial charge in [-0.1, -0.05) is 48.2 Å². The fraction of sp³-hybridized carbons (Fsp3) is 0.250. The highest BCUT2D eigenvalue weighted by atomic mass is 32.2. The van der Waals surface area contributed by atoms with Crippen LogP contribution >= 0.6 is 11.8 Å². The quantitative estimate of drug-likeness (QED) is 0.346. The van der Waals surface area contributed by atoms with Crippen molar-refractivity contribution in [3.05, 3.63) is 77.1 Å². The Bertz CT molecular complexity index is 1410. The third-order valence-electron chi connectivity index (χ3n) is 5.91. The van der Waals surface area contributed by atoms with Gasteiger partial charge in [-0.25, -0.2) is 0 Å². The molecule has 0 bridgehead atoms. The lowest BCUT2D eigenvalue weighted by Gasteiger charge is -2.35. The summed E-state index contributed by atoms with van der Waals surface area (Å²) in [5.41, 5.74) is 2.79. The number of allylic oxidation sites excluding steroid dienone is 1. The van der Waals surface area contributed by atoms with E-state index in [9.17, 15) is 9.59 Å². The van der Waals surface area contributed by atoms with Crippen molar-refractivity contribution in [2.45, 2.75) is 37.5 Å². The van der Waals surface area contributed by atoms with Crippen LogP contribution in [0.4, 0.5) is 5.69 Å². The average molecular weight is 446 g/mol. The molecule has 1 aliphatic rings. The van der Waals surface area contributed by atoms with Crippen molar-refractivity contribution in [1.29, 1.82) is 0 Å². The second-order valence-electron chi connectivity index (χ2n) is 7.91. The molecule has 1 aliphatic heterocycles. The van der Waals surface area contributed by atoms with Gasteiger partial charge in [-0.2, -0.15) is 0 Å². The molecular formula is C24H23N5O2S. The molecule has 4 aromatic rings. The SMILES string of the molecule is C=CCn1c(=O)c2ccccc2n2c(SCC(=O)N3c4ccccc4CCC3C)nnc12. The topological polar surface area (TPSA) is 72.5 Å². The van der Waals surface area contributed by atoms with E-state index < -0.39 is 0 Å². The summed E-state index contributed by atoms with van der Waals surface area (Å²) in [5.74, 6) is 0.712. The second kappa shape index (κ2) is 8.27. The third kappa shape index (κ3) is 3.31. The number of aryl methyl sites for hydroxylation is 1. The first-order chi connectivity index (χ1) is 15.6. The van der Waals surface area contributed by atoms with E-state index in [-0.39, 0.29) is 23.3 Å². The maximum absolute atomic E-state index is 13.3. The molecular weight excluding hydrogens is 422 g/mol. The van der Waals surface area contributed by atoms with Crippen molar-refractivity contribution in [3.8, 4) is 0 Å². The van der Waals surface area contributed by atoms with Crippen molar-refractivity contribution in [2.24, 2.45) is 0 Å². The number of hydrogen-bond acceptors (Lipinski definition) is 5. The maximum Gasteiger partial charge on any atom is 0.263 e. The molecule has 0 N–H and O–H groups in total. The minimum atomic E-state index is -0.133. The van der Waals surface area contributed by atoms with Gasteiger partial charge in [0.05, 0.1) is 16.7 Å². The number of anilines is 1. The molecule has 1 amide bonds. The molecule has 0 saturated heterocycles. The molecule has 0 radical (unpaired) electrons. The molecule has 3 heterocycles. The van der Waals surface area contributed by atoms with E-state index in [1.165, 1.54) is 17.3 Å². The molecule has 8 heteroatoms. The number of carbonyl (C=O) groups is 1. The van der Waals surface area contributed by atoms with Gasteiger partial charge in [-0.15, -0.1) is 16.8 Å². The fourth-order valence-corrected chi connectivity index (χ4v) is 5.18. The van der Waals surface area contributed by atoms with Crippen LogP contribution in [0.2, 0.25) is 0 Å². The Balaban J connectivity index is 1.51. The van der Waals surface area contributed by atoms with Gasteiger partial charge in [0.25, 0.3) is 5.56 Å². The van der Waals surface area contributed by atoms with Crippen LogP contribution in [0.15, 0.2) is 71.1 Å². The molecule has 0 aliphatic carbocycles. The van der Waals surface area contributed by atoms with Gasteiger partial charge in [0.15, 0.2) is 5.16 Å². The number of amides is 1. The summed E-state index contributed by atoms with van der Waals surface area (Å²) < 4.78 is 3.41. The third-order valence-corrected chi connectivity index (χ3v) is 6.82. The van der Waals surface area contributed by atoms with Crippen LogP contribution in [-0.4, -0.2) is 36.9 Å². The van der Waals surface area contributed by atoms with Crippen LogP contribution in [0.3, 0.4) is 0 Å². The van der Waals surface area contributed by atoms with Crippen LogP contribution in [0.1, 0.15) is 18.9 Å². The minimum Gasteiger partial charge on any atom is -0.309 e. The Hall–Kier alpha value is -3.39. The number of fused-ring (bicyclic) bond motifs is 4. The number of thioether (sulfide) groups is 1. The number of aromatic nitrogens is 4. The summed E-state index contributed by atoms with van der Waals surface area (Å²) in [7, 11) is 0. The van der Waals surface area contributed by atoms with Crippen molar-refractivity contribution in [2.75, 3.05) is 10.7 Å². The van der Waals surface area contributed by atoms with E-state index in [0.29, 0.717) is 22.9 Å². The van der Waals surface area contributed by atoms with Gasteiger partial charge in [0.1, 0.15) is 0 Å². The van der Waals surface area contributed by atoms with E-state index in [4.69, 9.17) is 0 Å². The lowest BCUT2D eigenvalue weighted by Crippen LogP contribution is -2.43. The van der Waals surface area contributed by atoms with E-state index in [0.717, 1.165) is 24.0 Å². The molecule has 0 spiro atoms. The van der Waals surface area contributed by atoms with E-state index in [1.807, 2.05) is 45.7 Å². The van der Waals surface area contributed by atoms with Crippen molar-refractivity contribution in [1.82, 2.24) is 19.2 Å². The predicted octanol–water partition coefficient (Wildman–Crippen LogP) is 3.69. The fourth-order valence-electron chi connectivity index (χ4n) is 4.38. The first-order valence-corrected chi connectivity index (χ1v) is 11.6. The maximum atomic E-state index is 13.3. The molecule has 0 saturated carbocycles. The predicted molar refractivity (Wildman–Crippen MR) is 127 cm³/mol. The number of hydrogen-bond donors (Lipinski definition) is 0. The molecule has 1 unspecified atom stereocenters. The Morgan fingerprint density at radius 2 is 1.97 bits per heavy atom. The number of benzene rings is 2. The first kappa shape index (κ1) is 20.5. The largest absolute Gasteiger partial charge is 0.309 e. The summed E-state index contributed by atoms with van der Waals surface area (Å²) in [6, 6.07) is 15.6. The van der Waals surface area contributed by atoms with Crippen LogP contribution in [0, 0.1) is 0 Å². The number of nitrogens with zero attached hydrogens (tertiary/aromatic N) is 5. The molecule has 162 valence electrons. The molecule has 2 aromatic carbocycles. The summed E-state index contributed by atoms with van der Waals surface area (Å²) in [6.07, 6.45) is 3.59. The summed E-state index contributed by atoms with van der Waals surface area (Å²) >= 11 is 1.34. The zero-order valence-electron chi connectivity index (χ0n) is 17.8. The Kier molecular flexibility index (Phi) is 5.30. The van der Waals surface area contributed by atoms with Gasteiger partial charge >= 0.3 is 0 Å². The van der Waals surface area contributed by atoms with E-state index in [2.05, 4.69) is 29.8 Å². The molecule has 5 rings (SSSR count). The zero-order chi connectivity index (χ0) is 22.2. The average Bonchev–Trinajstić information content (AvgIpc) is 3.24. The lowest BCUT2D eigenvalue weighted by atomic mass is 9.97. The van der Waals surface area contributed by atoms with Gasteiger partial charge in [-0.3, -0.25) is 18.6 Å². The second-order valence-corrected chi connectivity index (χ2v) is 8.85. The van der Waals surface area contributed by atoms with Gasteiger partial charge < -0.3 is 4.90 Å². The van der Waals surface area contributed by atoms with E-state index >= 15 is 0 Å². The van der Waals surface area contributed by atoms with E-state index in [1.54, 1.807) is 16.7 Å². The Morgan fingerprint density at radius 3 is 2.81 bits per heavy atom. The molecule has 32 heavy (non-hydrogen) atoms. The highest BCUT2D eigenvalue weighted by Gasteiger charge is 2.28.